The molecule has 0 spiro atoms. The first-order chi connectivity index (χ1) is 9.15. The molecule has 0 heterocycles. The molecule has 0 aromatic heterocycles. The summed E-state index contributed by atoms with van der Waals surface area (Å²) in [4.78, 5) is 11.9. The van der Waals surface area contributed by atoms with E-state index in [1.807, 2.05) is 61.5 Å². The van der Waals surface area contributed by atoms with Crippen LogP contribution in [0.2, 0.25) is 0 Å². The van der Waals surface area contributed by atoms with Crippen molar-refractivity contribution in [2.75, 3.05) is 0 Å². The summed E-state index contributed by atoms with van der Waals surface area (Å²) in [7, 11) is 0. The van der Waals surface area contributed by atoms with Crippen LogP contribution in [-0.2, 0) is 11.2 Å². The second-order valence-electron chi connectivity index (χ2n) is 4.50. The monoisotopic (exact) mass is 317 g/mol. The summed E-state index contributed by atoms with van der Waals surface area (Å²) in [5, 5.41) is 3.01. The maximum absolute atomic E-state index is 11.9. The normalized spacial score (nSPS) is 11.9. The topological polar surface area (TPSA) is 29.1 Å². The summed E-state index contributed by atoms with van der Waals surface area (Å²) in [6.07, 6.45) is 0.418. The summed E-state index contributed by atoms with van der Waals surface area (Å²) in [5.41, 5.74) is 2.13. The van der Waals surface area contributed by atoms with Crippen molar-refractivity contribution in [1.82, 2.24) is 5.32 Å². The van der Waals surface area contributed by atoms with Gasteiger partial charge in [-0.1, -0.05) is 58.4 Å². The first kappa shape index (κ1) is 13.8. The Labute approximate surface area is 122 Å². The average Bonchev–Trinajstić information content (AvgIpc) is 2.40. The molecule has 0 saturated carbocycles. The average molecular weight is 318 g/mol. The van der Waals surface area contributed by atoms with Crippen molar-refractivity contribution in [3.8, 4) is 0 Å². The molecule has 0 aliphatic rings. The van der Waals surface area contributed by atoms with E-state index in [0.29, 0.717) is 6.42 Å². The van der Waals surface area contributed by atoms with Crippen molar-refractivity contribution in [1.29, 1.82) is 0 Å². The minimum Gasteiger partial charge on any atom is -0.349 e. The van der Waals surface area contributed by atoms with Crippen LogP contribution in [-0.4, -0.2) is 5.91 Å². The highest BCUT2D eigenvalue weighted by molar-refractivity contribution is 9.10. The minimum absolute atomic E-state index is 0.0179. The van der Waals surface area contributed by atoms with E-state index in [0.717, 1.165) is 15.6 Å². The van der Waals surface area contributed by atoms with Gasteiger partial charge in [0.05, 0.1) is 12.5 Å². The molecule has 98 valence electrons. The molecule has 0 saturated heterocycles. The molecule has 2 nitrogen and oxygen atoms in total. The molecule has 0 radical (unpaired) electrons. The summed E-state index contributed by atoms with van der Waals surface area (Å²) >= 11 is 3.40. The molecule has 1 N–H and O–H groups in total. The predicted molar refractivity (Wildman–Crippen MR) is 80.8 cm³/mol. The number of hydrogen-bond acceptors (Lipinski definition) is 1. The maximum atomic E-state index is 11.9. The van der Waals surface area contributed by atoms with Gasteiger partial charge in [-0.25, -0.2) is 0 Å². The standard InChI is InChI=1S/C16H16BrNO/c1-12(14-7-9-15(17)10-8-14)18-16(19)11-13-5-3-2-4-6-13/h2-10,12H,11H2,1H3,(H,18,19)/t12-/m0/s1. The van der Waals surface area contributed by atoms with Gasteiger partial charge in [0, 0.05) is 4.47 Å². The molecule has 0 aliphatic carbocycles. The lowest BCUT2D eigenvalue weighted by molar-refractivity contribution is -0.121. The zero-order valence-electron chi connectivity index (χ0n) is 10.8. The van der Waals surface area contributed by atoms with E-state index in [2.05, 4.69) is 21.2 Å². The van der Waals surface area contributed by atoms with Crippen molar-refractivity contribution in [3.05, 3.63) is 70.2 Å². The van der Waals surface area contributed by atoms with Gasteiger partial charge in [-0.05, 0) is 30.2 Å². The highest BCUT2D eigenvalue weighted by atomic mass is 79.9. The van der Waals surface area contributed by atoms with Crippen LogP contribution in [0.1, 0.15) is 24.1 Å². The van der Waals surface area contributed by atoms with Crippen LogP contribution in [0.4, 0.5) is 0 Å². The van der Waals surface area contributed by atoms with Crippen LogP contribution >= 0.6 is 15.9 Å². The third-order valence-electron chi connectivity index (χ3n) is 2.96. The number of hydrogen-bond donors (Lipinski definition) is 1. The molecule has 1 amide bonds. The smallest absolute Gasteiger partial charge is 0.224 e. The number of benzene rings is 2. The molecule has 0 aliphatic heterocycles. The largest absolute Gasteiger partial charge is 0.349 e. The first-order valence-electron chi connectivity index (χ1n) is 6.24. The number of carbonyl (C=O) groups excluding carboxylic acids is 1. The zero-order chi connectivity index (χ0) is 13.7. The molecule has 2 aromatic carbocycles. The highest BCUT2D eigenvalue weighted by Crippen LogP contribution is 2.16. The van der Waals surface area contributed by atoms with Crippen LogP contribution in [0.3, 0.4) is 0 Å². The van der Waals surface area contributed by atoms with E-state index in [9.17, 15) is 4.79 Å². The molecule has 3 heteroatoms. The fourth-order valence-corrected chi connectivity index (χ4v) is 2.17. The van der Waals surface area contributed by atoms with Crippen molar-refractivity contribution >= 4 is 21.8 Å². The van der Waals surface area contributed by atoms with E-state index in [-0.39, 0.29) is 11.9 Å². The molecular weight excluding hydrogens is 302 g/mol. The molecule has 0 fully saturated rings. The van der Waals surface area contributed by atoms with E-state index < -0.39 is 0 Å². The van der Waals surface area contributed by atoms with Crippen LogP contribution in [0.5, 0.6) is 0 Å². The Bertz CT molecular complexity index is 536. The van der Waals surface area contributed by atoms with E-state index in [4.69, 9.17) is 0 Å². The Hall–Kier alpha value is -1.61. The Morgan fingerprint density at radius 3 is 2.37 bits per heavy atom. The Morgan fingerprint density at radius 2 is 1.74 bits per heavy atom. The molecule has 1 atom stereocenters. The quantitative estimate of drug-likeness (QED) is 0.911. The van der Waals surface area contributed by atoms with Gasteiger partial charge in [-0.15, -0.1) is 0 Å². The Morgan fingerprint density at radius 1 is 1.11 bits per heavy atom. The minimum atomic E-state index is 0.0179. The van der Waals surface area contributed by atoms with Crippen molar-refractivity contribution in [2.24, 2.45) is 0 Å². The second kappa shape index (κ2) is 6.53. The molecular formula is C16H16BrNO. The van der Waals surface area contributed by atoms with Gasteiger partial charge < -0.3 is 5.32 Å². The number of carbonyl (C=O) groups is 1. The molecule has 2 aromatic rings. The van der Waals surface area contributed by atoms with Crippen LogP contribution < -0.4 is 5.32 Å². The first-order valence-corrected chi connectivity index (χ1v) is 7.03. The predicted octanol–water partition coefficient (Wildman–Crippen LogP) is 3.87. The fraction of sp³-hybridized carbons (Fsp3) is 0.188. The third kappa shape index (κ3) is 4.21. The molecule has 19 heavy (non-hydrogen) atoms. The number of halogens is 1. The van der Waals surface area contributed by atoms with Gasteiger partial charge in [0.1, 0.15) is 0 Å². The van der Waals surface area contributed by atoms with Gasteiger partial charge in [-0.2, -0.15) is 0 Å². The summed E-state index contributed by atoms with van der Waals surface area (Å²) in [6, 6.07) is 17.8. The van der Waals surface area contributed by atoms with Crippen molar-refractivity contribution in [2.45, 2.75) is 19.4 Å². The molecule has 0 unspecified atom stereocenters. The Balaban J connectivity index is 1.93. The van der Waals surface area contributed by atoms with E-state index in [1.54, 1.807) is 0 Å². The molecule has 0 bridgehead atoms. The number of nitrogens with one attached hydrogen (secondary N) is 1. The van der Waals surface area contributed by atoms with Gasteiger partial charge in [-0.3, -0.25) is 4.79 Å². The number of rotatable bonds is 4. The van der Waals surface area contributed by atoms with Gasteiger partial charge in [0.15, 0.2) is 0 Å². The SMILES string of the molecule is C[C@H](NC(=O)Cc1ccccc1)c1ccc(Br)cc1. The highest BCUT2D eigenvalue weighted by Gasteiger charge is 2.09. The fourth-order valence-electron chi connectivity index (χ4n) is 1.91. The lowest BCUT2D eigenvalue weighted by Crippen LogP contribution is -2.28. The van der Waals surface area contributed by atoms with Gasteiger partial charge >= 0.3 is 0 Å². The van der Waals surface area contributed by atoms with Crippen molar-refractivity contribution < 1.29 is 4.79 Å². The van der Waals surface area contributed by atoms with Crippen molar-refractivity contribution in [3.63, 3.8) is 0 Å². The summed E-state index contributed by atoms with van der Waals surface area (Å²) in [6.45, 7) is 1.99. The van der Waals surface area contributed by atoms with Crippen LogP contribution in [0.25, 0.3) is 0 Å². The number of amides is 1. The summed E-state index contributed by atoms with van der Waals surface area (Å²) < 4.78 is 1.04. The second-order valence-corrected chi connectivity index (χ2v) is 5.42. The third-order valence-corrected chi connectivity index (χ3v) is 3.48. The van der Waals surface area contributed by atoms with Crippen LogP contribution in [0, 0.1) is 0 Å². The maximum Gasteiger partial charge on any atom is 0.224 e. The van der Waals surface area contributed by atoms with E-state index >= 15 is 0 Å². The van der Waals surface area contributed by atoms with Crippen LogP contribution in [0.15, 0.2) is 59.1 Å². The molecule has 2 rings (SSSR count). The summed E-state index contributed by atoms with van der Waals surface area (Å²) in [5.74, 6) is 0.0432. The lowest BCUT2D eigenvalue weighted by atomic mass is 10.1. The van der Waals surface area contributed by atoms with Gasteiger partial charge in [0.25, 0.3) is 0 Å². The zero-order valence-corrected chi connectivity index (χ0v) is 12.4. The Kier molecular flexibility index (Phi) is 4.74. The van der Waals surface area contributed by atoms with Gasteiger partial charge in [0.2, 0.25) is 5.91 Å². The van der Waals surface area contributed by atoms with E-state index in [1.165, 1.54) is 0 Å². The lowest BCUT2D eigenvalue weighted by Gasteiger charge is -2.14.